The van der Waals surface area contributed by atoms with Crippen molar-refractivity contribution in [2.75, 3.05) is 0 Å². The van der Waals surface area contributed by atoms with Crippen LogP contribution in [0.1, 0.15) is 0 Å². The third-order valence-electron chi connectivity index (χ3n) is 22.7. The first-order valence-corrected chi connectivity index (χ1v) is 38.2. The van der Waals surface area contributed by atoms with Crippen molar-refractivity contribution in [3.8, 4) is 89.8 Å². The molecule has 0 N–H and O–H groups in total. The fourth-order valence-corrected chi connectivity index (χ4v) is 17.6. The predicted octanol–water partition coefficient (Wildman–Crippen LogP) is 28.0. The van der Waals surface area contributed by atoms with Gasteiger partial charge in [-0.1, -0.05) is 328 Å². The Bertz CT molecular complexity index is 7560. The average Bonchev–Trinajstić information content (AvgIpc) is 1.55. The average molecular weight is 1420 g/mol. The number of aromatic nitrogens is 6. The first-order chi connectivity index (χ1) is 55.6. The molecule has 4 aromatic heterocycles. The molecule has 0 radical (unpaired) electrons. The van der Waals surface area contributed by atoms with Crippen LogP contribution in [-0.2, 0) is 0 Å². The van der Waals surface area contributed by atoms with Gasteiger partial charge in [0.2, 0.25) is 0 Å². The van der Waals surface area contributed by atoms with Gasteiger partial charge in [-0.15, -0.1) is 0 Å². The maximum atomic E-state index is 5.41. The molecule has 23 rings (SSSR count). The largest absolute Gasteiger partial charge is 0.309 e. The van der Waals surface area contributed by atoms with Crippen molar-refractivity contribution in [1.29, 1.82) is 0 Å². The Balaban J connectivity index is 0.000000138. The summed E-state index contributed by atoms with van der Waals surface area (Å²) in [5.41, 5.74) is 25.2. The third kappa shape index (κ3) is 10.6. The second-order valence-corrected chi connectivity index (χ2v) is 29.0. The molecule has 4 heterocycles. The van der Waals surface area contributed by atoms with Crippen LogP contribution in [0.2, 0.25) is 0 Å². The van der Waals surface area contributed by atoms with Crippen molar-refractivity contribution in [2.24, 2.45) is 0 Å². The Morgan fingerprint density at radius 1 is 0.161 bits per heavy atom. The Kier molecular flexibility index (Phi) is 15.2. The van der Waals surface area contributed by atoms with E-state index < -0.39 is 0 Å². The standard InChI is InChI=1S/C56H35N3.C50H31N3/c1-2-13-36(14-3-1)37-27-29-38(30-28-37)41-17-10-18-42(35-41)55-56(58-49-25-9-8-24-48(49)57-55)47-23-11-22-46-45(47)21-12-26-50(46)59-51-33-31-39-15-4-6-19-43(39)53(51)54-44-20-7-5-16-40(44)32-34-52(54)59;1-2-13-32(14-3-1)35-17-10-18-36(31-35)49-50(52-43-25-9-8-24-42(43)51-49)41-23-11-22-40-39(41)21-12-26-44(40)53-45-29-27-33-15-4-6-19-37(33)47(45)48-38-20-7-5-16-34(38)28-30-46(48)53/h1-35H;1-31H. The van der Waals surface area contributed by atoms with E-state index >= 15 is 0 Å². The quantitative estimate of drug-likeness (QED) is 0.144. The molecular formula is C106H66N6. The molecule has 23 aromatic rings. The lowest BCUT2D eigenvalue weighted by molar-refractivity contribution is 1.20. The Labute approximate surface area is 645 Å². The van der Waals surface area contributed by atoms with Crippen LogP contribution in [0.25, 0.3) is 220 Å². The molecule has 0 fully saturated rings. The molecule has 0 aliphatic rings. The van der Waals surface area contributed by atoms with Crippen LogP contribution in [0.4, 0.5) is 0 Å². The smallest absolute Gasteiger partial charge is 0.0979 e. The minimum absolute atomic E-state index is 0.860. The van der Waals surface area contributed by atoms with Crippen molar-refractivity contribution >= 4 is 130 Å². The SMILES string of the molecule is c1ccc(-c2ccc(-c3cccc(-c4nc5ccccc5nc4-c4cccc5c(-n6c7ccc8ccccc8c7c7c8ccccc8ccc76)cccc45)c3)cc2)cc1.c1ccc(-c2cccc(-c3nc4ccccc4nc3-c3cccc4c(-n5c6ccc7ccccc7c6c6c7ccccc7ccc65)cccc34)c2)cc1. The molecule has 0 bridgehead atoms. The van der Waals surface area contributed by atoms with Crippen LogP contribution < -0.4 is 0 Å². The van der Waals surface area contributed by atoms with E-state index in [1.54, 1.807) is 0 Å². The molecule has 0 saturated carbocycles. The summed E-state index contributed by atoms with van der Waals surface area (Å²) < 4.78 is 4.93. The monoisotopic (exact) mass is 1420 g/mol. The van der Waals surface area contributed by atoms with Gasteiger partial charge in [0.05, 0.1) is 78.3 Å². The highest BCUT2D eigenvalue weighted by Gasteiger charge is 2.25. The molecule has 0 atom stereocenters. The fraction of sp³-hybridized carbons (Fsp3) is 0. The number of rotatable bonds is 9. The molecular weight excluding hydrogens is 1360 g/mol. The number of hydrogen-bond donors (Lipinski definition) is 0. The second kappa shape index (κ2) is 26.5. The lowest BCUT2D eigenvalue weighted by Gasteiger charge is -2.16. The van der Waals surface area contributed by atoms with Gasteiger partial charge < -0.3 is 9.13 Å². The molecule has 112 heavy (non-hydrogen) atoms. The van der Waals surface area contributed by atoms with Gasteiger partial charge in [0.15, 0.2) is 0 Å². The van der Waals surface area contributed by atoms with Crippen molar-refractivity contribution in [3.63, 3.8) is 0 Å². The molecule has 0 aliphatic carbocycles. The number of para-hydroxylation sites is 4. The fourth-order valence-electron chi connectivity index (χ4n) is 17.6. The Morgan fingerprint density at radius 2 is 0.420 bits per heavy atom. The molecule has 520 valence electrons. The predicted molar refractivity (Wildman–Crippen MR) is 471 cm³/mol. The number of benzene rings is 19. The maximum absolute atomic E-state index is 5.41. The summed E-state index contributed by atoms with van der Waals surface area (Å²) in [6.45, 7) is 0. The van der Waals surface area contributed by atoms with E-state index in [9.17, 15) is 0 Å². The molecule has 0 aliphatic heterocycles. The number of fused-ring (bicyclic) bond motifs is 18. The summed E-state index contributed by atoms with van der Waals surface area (Å²) in [6, 6.07) is 143. The molecule has 6 nitrogen and oxygen atoms in total. The normalized spacial score (nSPS) is 11.8. The van der Waals surface area contributed by atoms with Crippen LogP contribution in [0, 0.1) is 0 Å². The van der Waals surface area contributed by atoms with Gasteiger partial charge >= 0.3 is 0 Å². The van der Waals surface area contributed by atoms with Crippen molar-refractivity contribution in [2.45, 2.75) is 0 Å². The summed E-state index contributed by atoms with van der Waals surface area (Å²) in [5.74, 6) is 0. The summed E-state index contributed by atoms with van der Waals surface area (Å²) in [4.78, 5) is 21.4. The minimum atomic E-state index is 0.860. The van der Waals surface area contributed by atoms with Crippen LogP contribution in [0.15, 0.2) is 400 Å². The molecule has 0 amide bonds. The van der Waals surface area contributed by atoms with Crippen molar-refractivity contribution in [1.82, 2.24) is 29.1 Å². The highest BCUT2D eigenvalue weighted by atomic mass is 15.0. The van der Waals surface area contributed by atoms with Crippen LogP contribution in [0.5, 0.6) is 0 Å². The summed E-state index contributed by atoms with van der Waals surface area (Å²) in [5, 5.41) is 19.7. The Morgan fingerprint density at radius 3 is 0.795 bits per heavy atom. The van der Waals surface area contributed by atoms with E-state index in [-0.39, 0.29) is 0 Å². The summed E-state index contributed by atoms with van der Waals surface area (Å²) in [6.07, 6.45) is 0. The molecule has 6 heteroatoms. The molecule has 0 saturated heterocycles. The maximum Gasteiger partial charge on any atom is 0.0979 e. The molecule has 0 spiro atoms. The van der Waals surface area contributed by atoms with E-state index in [0.717, 1.165) is 117 Å². The van der Waals surface area contributed by atoms with Gasteiger partial charge in [-0.2, -0.15) is 0 Å². The van der Waals surface area contributed by atoms with Gasteiger partial charge in [-0.25, -0.2) is 19.9 Å². The lowest BCUT2D eigenvalue weighted by atomic mass is 9.95. The van der Waals surface area contributed by atoms with Gasteiger partial charge in [-0.3, -0.25) is 0 Å². The van der Waals surface area contributed by atoms with Crippen LogP contribution in [0.3, 0.4) is 0 Å². The van der Waals surface area contributed by atoms with Gasteiger partial charge in [0, 0.05) is 54.6 Å². The first kappa shape index (κ1) is 64.2. The van der Waals surface area contributed by atoms with Crippen molar-refractivity contribution in [3.05, 3.63) is 400 Å². The topological polar surface area (TPSA) is 61.4 Å². The molecule has 0 unspecified atom stereocenters. The number of hydrogen-bond acceptors (Lipinski definition) is 4. The summed E-state index contributed by atoms with van der Waals surface area (Å²) >= 11 is 0. The van der Waals surface area contributed by atoms with Gasteiger partial charge in [-0.05, 0) is 160 Å². The zero-order valence-corrected chi connectivity index (χ0v) is 60.8. The van der Waals surface area contributed by atoms with Crippen LogP contribution >= 0.6 is 0 Å². The minimum Gasteiger partial charge on any atom is -0.309 e. The van der Waals surface area contributed by atoms with Gasteiger partial charge in [0.1, 0.15) is 0 Å². The molecule has 19 aromatic carbocycles. The Hall–Kier alpha value is -15.0. The van der Waals surface area contributed by atoms with E-state index in [4.69, 9.17) is 19.9 Å². The lowest BCUT2D eigenvalue weighted by Crippen LogP contribution is -1.98. The highest BCUT2D eigenvalue weighted by molar-refractivity contribution is 6.30. The van der Waals surface area contributed by atoms with E-state index in [1.165, 1.54) is 103 Å². The van der Waals surface area contributed by atoms with E-state index in [2.05, 4.69) is 379 Å². The highest BCUT2D eigenvalue weighted by Crippen LogP contribution is 2.47. The first-order valence-electron chi connectivity index (χ1n) is 38.2. The van der Waals surface area contributed by atoms with E-state index in [0.29, 0.717) is 0 Å². The zero-order valence-electron chi connectivity index (χ0n) is 60.8. The zero-order chi connectivity index (χ0) is 73.7. The third-order valence-corrected chi connectivity index (χ3v) is 22.7. The summed E-state index contributed by atoms with van der Waals surface area (Å²) in [7, 11) is 0. The second-order valence-electron chi connectivity index (χ2n) is 29.0. The number of nitrogens with zero attached hydrogens (tertiary/aromatic N) is 6. The van der Waals surface area contributed by atoms with Crippen molar-refractivity contribution < 1.29 is 0 Å². The van der Waals surface area contributed by atoms with Gasteiger partial charge in [0.25, 0.3) is 0 Å². The van der Waals surface area contributed by atoms with Crippen LogP contribution in [-0.4, -0.2) is 29.1 Å². The van der Waals surface area contributed by atoms with E-state index in [1.807, 2.05) is 30.3 Å².